The molecule has 0 unspecified atom stereocenters. The first kappa shape index (κ1) is 14.9. The van der Waals surface area contributed by atoms with Crippen LogP contribution in [-0.2, 0) is 16.0 Å². The Labute approximate surface area is 130 Å². The molecule has 118 valence electrons. The number of carbonyl (C=O) groups is 2. The van der Waals surface area contributed by atoms with Crippen LogP contribution in [0.15, 0.2) is 18.2 Å². The van der Waals surface area contributed by atoms with E-state index in [0.717, 1.165) is 29.9 Å². The monoisotopic (exact) mass is 303 g/mol. The summed E-state index contributed by atoms with van der Waals surface area (Å²) < 4.78 is 10.6. The van der Waals surface area contributed by atoms with Crippen molar-refractivity contribution in [1.82, 2.24) is 4.90 Å². The Balaban J connectivity index is 1.49. The Hall–Kier alpha value is -2.04. The molecule has 0 aromatic heterocycles. The molecule has 0 bridgehead atoms. The molecular formula is C17H21NO4. The molecule has 0 spiro atoms. The summed E-state index contributed by atoms with van der Waals surface area (Å²) in [5, 5.41) is 0. The molecule has 1 fully saturated rings. The number of likely N-dealkylation sites (tertiary alicyclic amines) is 1. The topological polar surface area (TPSA) is 55.8 Å². The molecule has 22 heavy (non-hydrogen) atoms. The van der Waals surface area contributed by atoms with E-state index in [1.807, 2.05) is 23.1 Å². The third-order valence-electron chi connectivity index (χ3n) is 4.49. The SMILES string of the molecule is CC(=O)C1CCN(C(=O)CCc2ccc3c(c2)OCO3)CC1. The number of ether oxygens (including phenoxy) is 2. The van der Waals surface area contributed by atoms with Crippen molar-refractivity contribution >= 4 is 11.7 Å². The fourth-order valence-electron chi connectivity index (χ4n) is 3.04. The predicted octanol–water partition coefficient (Wildman–Crippen LogP) is 2.18. The van der Waals surface area contributed by atoms with Crippen LogP contribution < -0.4 is 9.47 Å². The first-order valence-corrected chi connectivity index (χ1v) is 7.80. The van der Waals surface area contributed by atoms with Crippen LogP contribution in [-0.4, -0.2) is 36.5 Å². The molecule has 1 saturated heterocycles. The number of benzene rings is 1. The van der Waals surface area contributed by atoms with Crippen LogP contribution >= 0.6 is 0 Å². The van der Waals surface area contributed by atoms with E-state index in [9.17, 15) is 9.59 Å². The van der Waals surface area contributed by atoms with E-state index in [2.05, 4.69) is 0 Å². The molecule has 0 radical (unpaired) electrons. The van der Waals surface area contributed by atoms with Crippen LogP contribution in [0.4, 0.5) is 0 Å². The van der Waals surface area contributed by atoms with Gasteiger partial charge in [-0.1, -0.05) is 6.07 Å². The minimum atomic E-state index is 0.137. The van der Waals surface area contributed by atoms with Crippen molar-refractivity contribution in [2.24, 2.45) is 5.92 Å². The van der Waals surface area contributed by atoms with Crippen LogP contribution in [0.1, 0.15) is 31.7 Å². The van der Waals surface area contributed by atoms with Gasteiger partial charge >= 0.3 is 0 Å². The summed E-state index contributed by atoms with van der Waals surface area (Å²) in [5.41, 5.74) is 1.08. The smallest absolute Gasteiger partial charge is 0.231 e. The molecule has 5 nitrogen and oxygen atoms in total. The number of carbonyl (C=O) groups excluding carboxylic acids is 2. The third-order valence-corrected chi connectivity index (χ3v) is 4.49. The summed E-state index contributed by atoms with van der Waals surface area (Å²) in [6.07, 6.45) is 2.78. The Morgan fingerprint density at radius 3 is 2.64 bits per heavy atom. The van der Waals surface area contributed by atoms with Gasteiger partial charge in [-0.2, -0.15) is 0 Å². The number of hydrogen-bond acceptors (Lipinski definition) is 4. The van der Waals surface area contributed by atoms with Crippen LogP contribution in [0.2, 0.25) is 0 Å². The van der Waals surface area contributed by atoms with E-state index < -0.39 is 0 Å². The van der Waals surface area contributed by atoms with Gasteiger partial charge in [-0.25, -0.2) is 0 Å². The summed E-state index contributed by atoms with van der Waals surface area (Å²) in [6.45, 7) is 3.30. The average Bonchev–Trinajstić information content (AvgIpc) is 3.00. The number of Topliss-reactive ketones (excluding diaryl/α,β-unsaturated/α-hetero) is 1. The van der Waals surface area contributed by atoms with Gasteiger partial charge in [0.05, 0.1) is 0 Å². The largest absolute Gasteiger partial charge is 0.454 e. The molecule has 2 aliphatic rings. The standard InChI is InChI=1S/C17H21NO4/c1-12(19)14-6-8-18(9-7-14)17(20)5-3-13-2-4-15-16(10-13)22-11-21-15/h2,4,10,14H,3,5-9,11H2,1H3. The van der Waals surface area contributed by atoms with E-state index in [1.54, 1.807) is 6.92 Å². The fraction of sp³-hybridized carbons (Fsp3) is 0.529. The summed E-state index contributed by atoms with van der Waals surface area (Å²) >= 11 is 0. The van der Waals surface area contributed by atoms with Crippen molar-refractivity contribution in [3.63, 3.8) is 0 Å². The molecule has 0 N–H and O–H groups in total. The zero-order valence-corrected chi connectivity index (χ0v) is 12.8. The van der Waals surface area contributed by atoms with E-state index in [-0.39, 0.29) is 24.4 Å². The summed E-state index contributed by atoms with van der Waals surface area (Å²) in [7, 11) is 0. The Morgan fingerprint density at radius 1 is 1.18 bits per heavy atom. The van der Waals surface area contributed by atoms with Gasteiger partial charge in [-0.05, 0) is 43.9 Å². The Morgan fingerprint density at radius 2 is 1.91 bits per heavy atom. The number of amides is 1. The van der Waals surface area contributed by atoms with E-state index in [0.29, 0.717) is 25.9 Å². The number of rotatable bonds is 4. The zero-order valence-electron chi connectivity index (χ0n) is 12.8. The van der Waals surface area contributed by atoms with Gasteiger partial charge in [-0.3, -0.25) is 9.59 Å². The number of fused-ring (bicyclic) bond motifs is 1. The molecule has 1 amide bonds. The highest BCUT2D eigenvalue weighted by Crippen LogP contribution is 2.32. The Bertz CT molecular complexity index is 576. The number of aryl methyl sites for hydroxylation is 1. The lowest BCUT2D eigenvalue weighted by atomic mass is 9.93. The van der Waals surface area contributed by atoms with E-state index >= 15 is 0 Å². The van der Waals surface area contributed by atoms with Crippen molar-refractivity contribution < 1.29 is 19.1 Å². The molecule has 3 rings (SSSR count). The van der Waals surface area contributed by atoms with E-state index in [1.165, 1.54) is 0 Å². The zero-order chi connectivity index (χ0) is 15.5. The van der Waals surface area contributed by atoms with Crippen molar-refractivity contribution in [3.05, 3.63) is 23.8 Å². The lowest BCUT2D eigenvalue weighted by Gasteiger charge is -2.31. The average molecular weight is 303 g/mol. The highest BCUT2D eigenvalue weighted by molar-refractivity contribution is 5.80. The van der Waals surface area contributed by atoms with Gasteiger partial charge in [0.1, 0.15) is 5.78 Å². The second-order valence-corrected chi connectivity index (χ2v) is 5.95. The number of hydrogen-bond donors (Lipinski definition) is 0. The second kappa shape index (κ2) is 6.38. The molecular weight excluding hydrogens is 282 g/mol. The molecule has 0 atom stereocenters. The summed E-state index contributed by atoms with van der Waals surface area (Å²) in [4.78, 5) is 25.5. The lowest BCUT2D eigenvalue weighted by molar-refractivity contribution is -0.134. The van der Waals surface area contributed by atoms with Crippen molar-refractivity contribution in [1.29, 1.82) is 0 Å². The minimum Gasteiger partial charge on any atom is -0.454 e. The highest BCUT2D eigenvalue weighted by Gasteiger charge is 2.25. The predicted molar refractivity (Wildman–Crippen MR) is 80.9 cm³/mol. The van der Waals surface area contributed by atoms with Gasteiger partial charge < -0.3 is 14.4 Å². The molecule has 1 aromatic rings. The highest BCUT2D eigenvalue weighted by atomic mass is 16.7. The maximum Gasteiger partial charge on any atom is 0.231 e. The molecule has 2 heterocycles. The summed E-state index contributed by atoms with van der Waals surface area (Å²) in [5.74, 6) is 2.07. The normalized spacial score (nSPS) is 17.6. The van der Waals surface area contributed by atoms with Gasteiger partial charge in [0.2, 0.25) is 12.7 Å². The van der Waals surface area contributed by atoms with Crippen LogP contribution in [0.5, 0.6) is 11.5 Å². The molecule has 1 aromatic carbocycles. The maximum absolute atomic E-state index is 12.3. The van der Waals surface area contributed by atoms with E-state index in [4.69, 9.17) is 9.47 Å². The lowest BCUT2D eigenvalue weighted by Crippen LogP contribution is -2.40. The Kier molecular flexibility index (Phi) is 4.32. The van der Waals surface area contributed by atoms with Crippen LogP contribution in [0.25, 0.3) is 0 Å². The maximum atomic E-state index is 12.3. The first-order chi connectivity index (χ1) is 10.6. The van der Waals surface area contributed by atoms with Crippen molar-refractivity contribution in [2.75, 3.05) is 19.9 Å². The van der Waals surface area contributed by atoms with Gasteiger partial charge in [0.15, 0.2) is 11.5 Å². The molecule has 2 aliphatic heterocycles. The summed E-state index contributed by atoms with van der Waals surface area (Å²) in [6, 6.07) is 5.81. The fourth-order valence-corrected chi connectivity index (χ4v) is 3.04. The van der Waals surface area contributed by atoms with Crippen molar-refractivity contribution in [2.45, 2.75) is 32.6 Å². The molecule has 5 heteroatoms. The number of ketones is 1. The molecule has 0 aliphatic carbocycles. The van der Waals surface area contributed by atoms with Crippen LogP contribution in [0.3, 0.4) is 0 Å². The quantitative estimate of drug-likeness (QED) is 0.855. The number of piperidine rings is 1. The minimum absolute atomic E-state index is 0.137. The molecule has 0 saturated carbocycles. The van der Waals surface area contributed by atoms with Crippen LogP contribution in [0, 0.1) is 5.92 Å². The second-order valence-electron chi connectivity index (χ2n) is 5.95. The van der Waals surface area contributed by atoms with Gasteiger partial charge in [-0.15, -0.1) is 0 Å². The van der Waals surface area contributed by atoms with Gasteiger partial charge in [0.25, 0.3) is 0 Å². The third kappa shape index (κ3) is 3.24. The first-order valence-electron chi connectivity index (χ1n) is 7.80. The van der Waals surface area contributed by atoms with Gasteiger partial charge in [0, 0.05) is 25.4 Å². The number of nitrogens with zero attached hydrogens (tertiary/aromatic N) is 1. The van der Waals surface area contributed by atoms with Crippen molar-refractivity contribution in [3.8, 4) is 11.5 Å².